The molecule has 7 heteroatoms. The second kappa shape index (κ2) is 9.01. The monoisotopic (exact) mass is 400 g/mol. The maximum atomic E-state index is 10.8. The number of hydrogen-bond acceptors (Lipinski definition) is 5. The van der Waals surface area contributed by atoms with Crippen LogP contribution >= 0.6 is 24.0 Å². The third-order valence-corrected chi connectivity index (χ3v) is 5.38. The molecule has 1 aliphatic rings. The van der Waals surface area contributed by atoms with Crippen LogP contribution in [0, 0.1) is 6.92 Å². The first kappa shape index (κ1) is 19.4. The van der Waals surface area contributed by atoms with Crippen molar-refractivity contribution < 1.29 is 14.6 Å². The van der Waals surface area contributed by atoms with Gasteiger partial charge in [0.05, 0.1) is 13.2 Å². The quantitative estimate of drug-likeness (QED) is 0.710. The molecule has 0 saturated carbocycles. The Balaban J connectivity index is 1.53. The predicted octanol–water partition coefficient (Wildman–Crippen LogP) is 3.77. The van der Waals surface area contributed by atoms with Crippen molar-refractivity contribution in [3.63, 3.8) is 0 Å². The number of aryl methyl sites for hydroxylation is 1. The van der Waals surface area contributed by atoms with Crippen LogP contribution in [-0.4, -0.2) is 45.0 Å². The summed E-state index contributed by atoms with van der Waals surface area (Å²) < 4.78 is 6.40. The van der Waals surface area contributed by atoms with Gasteiger partial charge in [0, 0.05) is 22.7 Å². The molecule has 0 unspecified atom stereocenters. The fourth-order valence-corrected chi connectivity index (χ4v) is 4.03. The van der Waals surface area contributed by atoms with Crippen LogP contribution in [0.15, 0.2) is 47.4 Å². The van der Waals surface area contributed by atoms with Crippen LogP contribution in [0.2, 0.25) is 0 Å². The third-order valence-electron chi connectivity index (χ3n) is 3.93. The van der Waals surface area contributed by atoms with E-state index in [1.807, 2.05) is 55.5 Å². The number of pyridine rings is 1. The van der Waals surface area contributed by atoms with E-state index in [4.69, 9.17) is 22.1 Å². The van der Waals surface area contributed by atoms with Crippen LogP contribution in [0.1, 0.15) is 17.0 Å². The molecular formula is C20H20N2O3S2. The number of aliphatic carboxylic acids is 1. The minimum Gasteiger partial charge on any atom is -0.493 e. The van der Waals surface area contributed by atoms with Crippen LogP contribution in [0.25, 0.3) is 6.08 Å². The summed E-state index contributed by atoms with van der Waals surface area (Å²) in [7, 11) is 0. The first-order valence-electron chi connectivity index (χ1n) is 8.54. The van der Waals surface area contributed by atoms with E-state index >= 15 is 0 Å². The molecule has 1 N–H and O–H groups in total. The molecule has 1 aromatic carbocycles. The zero-order valence-corrected chi connectivity index (χ0v) is 16.6. The van der Waals surface area contributed by atoms with Gasteiger partial charge in [0.15, 0.2) is 0 Å². The Bertz CT molecular complexity index is 866. The summed E-state index contributed by atoms with van der Waals surface area (Å²) in [6, 6.07) is 13.8. The Morgan fingerprint density at radius 2 is 2.11 bits per heavy atom. The van der Waals surface area contributed by atoms with E-state index in [9.17, 15) is 4.79 Å². The van der Waals surface area contributed by atoms with E-state index < -0.39 is 5.97 Å². The highest BCUT2D eigenvalue weighted by molar-refractivity contribution is 8.25. The Hall–Kier alpha value is -2.38. The highest BCUT2D eigenvalue weighted by Crippen LogP contribution is 2.31. The van der Waals surface area contributed by atoms with Gasteiger partial charge in [0.25, 0.3) is 0 Å². The molecule has 3 rings (SSSR count). The summed E-state index contributed by atoms with van der Waals surface area (Å²) in [5.74, 6) is -0.0616. The highest BCUT2D eigenvalue weighted by atomic mass is 32.2. The largest absolute Gasteiger partial charge is 0.493 e. The molecule has 2 aromatic rings. The number of benzene rings is 1. The zero-order chi connectivity index (χ0) is 19.2. The lowest BCUT2D eigenvalue weighted by Crippen LogP contribution is -2.29. The van der Waals surface area contributed by atoms with E-state index in [0.29, 0.717) is 17.5 Å². The molecule has 140 valence electrons. The molecule has 0 aliphatic carbocycles. The fourth-order valence-electron chi connectivity index (χ4n) is 2.68. The van der Waals surface area contributed by atoms with Crippen molar-refractivity contribution in [3.05, 3.63) is 64.3 Å². The minimum absolute atomic E-state index is 0.0637. The fraction of sp³-hybridized carbons (Fsp3) is 0.250. The molecule has 2 heterocycles. The Morgan fingerprint density at radius 3 is 2.81 bits per heavy atom. The van der Waals surface area contributed by atoms with Gasteiger partial charge in [0.2, 0.25) is 0 Å². The van der Waals surface area contributed by atoms with Gasteiger partial charge < -0.3 is 14.7 Å². The summed E-state index contributed by atoms with van der Waals surface area (Å²) in [5, 5.41) is 8.91. The summed E-state index contributed by atoms with van der Waals surface area (Å²) in [6.07, 6.45) is 2.79. The van der Waals surface area contributed by atoms with Gasteiger partial charge >= 0.3 is 5.97 Å². The van der Waals surface area contributed by atoms with E-state index in [1.165, 1.54) is 11.8 Å². The standard InChI is InChI=1S/C20H20N2O3S2/c1-14-3-2-4-16(21-14)9-10-25-17-7-5-15(6-8-17)11-18-12-22(13-19(23)24)20(26)27-18/h2-8,11H,9-10,12-13H2,1H3,(H,23,24)/b18-11-. The van der Waals surface area contributed by atoms with Crippen molar-refractivity contribution in [1.82, 2.24) is 9.88 Å². The molecule has 27 heavy (non-hydrogen) atoms. The molecule has 1 fully saturated rings. The number of carboxylic acids is 1. The molecule has 0 radical (unpaired) electrons. The van der Waals surface area contributed by atoms with Crippen molar-refractivity contribution in [1.29, 1.82) is 0 Å². The van der Waals surface area contributed by atoms with Gasteiger partial charge in [-0.3, -0.25) is 9.78 Å². The Morgan fingerprint density at radius 1 is 1.33 bits per heavy atom. The van der Waals surface area contributed by atoms with Gasteiger partial charge in [0.1, 0.15) is 16.6 Å². The van der Waals surface area contributed by atoms with Crippen molar-refractivity contribution in [2.75, 3.05) is 19.7 Å². The highest BCUT2D eigenvalue weighted by Gasteiger charge is 2.23. The molecule has 0 bridgehead atoms. The maximum Gasteiger partial charge on any atom is 0.323 e. The smallest absolute Gasteiger partial charge is 0.323 e. The summed E-state index contributed by atoms with van der Waals surface area (Å²) in [5.41, 5.74) is 3.07. The van der Waals surface area contributed by atoms with Crippen LogP contribution in [0.5, 0.6) is 5.75 Å². The molecule has 0 atom stereocenters. The maximum absolute atomic E-state index is 10.8. The van der Waals surface area contributed by atoms with Crippen LogP contribution < -0.4 is 4.74 Å². The number of nitrogens with zero attached hydrogens (tertiary/aromatic N) is 2. The molecule has 5 nitrogen and oxygen atoms in total. The summed E-state index contributed by atoms with van der Waals surface area (Å²) in [4.78, 5) is 18.0. The molecule has 0 spiro atoms. The lowest BCUT2D eigenvalue weighted by atomic mass is 10.2. The number of carboxylic acid groups (broad SMARTS) is 1. The summed E-state index contributed by atoms with van der Waals surface area (Å²) >= 11 is 6.67. The van der Waals surface area contributed by atoms with E-state index in [1.54, 1.807) is 4.90 Å². The van der Waals surface area contributed by atoms with E-state index in [-0.39, 0.29) is 6.54 Å². The van der Waals surface area contributed by atoms with Crippen LogP contribution in [-0.2, 0) is 11.2 Å². The number of thiocarbonyl (C=S) groups is 1. The molecule has 1 saturated heterocycles. The number of carbonyl (C=O) groups is 1. The van der Waals surface area contributed by atoms with E-state index in [0.717, 1.165) is 34.0 Å². The van der Waals surface area contributed by atoms with E-state index in [2.05, 4.69) is 4.98 Å². The minimum atomic E-state index is -0.874. The SMILES string of the molecule is Cc1cccc(CCOc2ccc(/C=C3/CN(CC(=O)O)C(=S)S3)cc2)n1. The molecule has 0 amide bonds. The van der Waals surface area contributed by atoms with Gasteiger partial charge in [-0.15, -0.1) is 0 Å². The Labute approximate surface area is 168 Å². The number of ether oxygens (including phenoxy) is 1. The number of hydrogen-bond donors (Lipinski definition) is 1. The number of rotatable bonds is 7. The Kier molecular flexibility index (Phi) is 6.47. The van der Waals surface area contributed by atoms with Crippen LogP contribution in [0.4, 0.5) is 0 Å². The van der Waals surface area contributed by atoms with Gasteiger partial charge in [-0.1, -0.05) is 42.2 Å². The van der Waals surface area contributed by atoms with Gasteiger partial charge in [-0.25, -0.2) is 0 Å². The van der Waals surface area contributed by atoms with Crippen molar-refractivity contribution in [3.8, 4) is 5.75 Å². The third kappa shape index (κ3) is 5.80. The lowest BCUT2D eigenvalue weighted by molar-refractivity contribution is -0.137. The molecule has 1 aliphatic heterocycles. The topological polar surface area (TPSA) is 62.7 Å². The van der Waals surface area contributed by atoms with Crippen molar-refractivity contribution >= 4 is 40.3 Å². The van der Waals surface area contributed by atoms with Crippen molar-refractivity contribution in [2.45, 2.75) is 13.3 Å². The first-order chi connectivity index (χ1) is 13.0. The lowest BCUT2D eigenvalue weighted by Gasteiger charge is -2.12. The second-order valence-electron chi connectivity index (χ2n) is 6.17. The first-order valence-corrected chi connectivity index (χ1v) is 9.76. The number of thioether (sulfide) groups is 1. The average molecular weight is 401 g/mol. The molecular weight excluding hydrogens is 380 g/mol. The van der Waals surface area contributed by atoms with Crippen LogP contribution in [0.3, 0.4) is 0 Å². The van der Waals surface area contributed by atoms with Crippen molar-refractivity contribution in [2.24, 2.45) is 0 Å². The summed E-state index contributed by atoms with van der Waals surface area (Å²) in [6.45, 7) is 3.03. The average Bonchev–Trinajstić information content (AvgIpc) is 2.95. The predicted molar refractivity (Wildman–Crippen MR) is 112 cm³/mol. The number of aromatic nitrogens is 1. The normalized spacial score (nSPS) is 15.4. The zero-order valence-electron chi connectivity index (χ0n) is 14.9. The van der Waals surface area contributed by atoms with Gasteiger partial charge in [-0.05, 0) is 42.8 Å². The molecule has 1 aromatic heterocycles. The second-order valence-corrected chi connectivity index (χ2v) is 7.93. The van der Waals surface area contributed by atoms with Gasteiger partial charge in [-0.2, -0.15) is 0 Å².